The number of hydrogen-bond acceptors (Lipinski definition) is 3. The van der Waals surface area contributed by atoms with E-state index in [-0.39, 0.29) is 5.56 Å². The number of ether oxygens (including phenoxy) is 2. The molecule has 0 radical (unpaired) electrons. The maximum Gasteiger partial charge on any atom is 0.339 e. The van der Waals surface area contributed by atoms with Crippen molar-refractivity contribution in [2.24, 2.45) is 0 Å². The third-order valence-electron chi connectivity index (χ3n) is 3.18. The number of rotatable bonds is 8. The molecular weight excluding hydrogens is 280 g/mol. The second kappa shape index (κ2) is 8.93. The van der Waals surface area contributed by atoms with Crippen molar-refractivity contribution in [3.05, 3.63) is 47.1 Å². The topological polar surface area (TPSA) is 55.8 Å². The van der Waals surface area contributed by atoms with Crippen LogP contribution in [0.2, 0.25) is 0 Å². The third kappa shape index (κ3) is 6.04. The summed E-state index contributed by atoms with van der Waals surface area (Å²) >= 11 is 0. The van der Waals surface area contributed by atoms with Gasteiger partial charge in [-0.25, -0.2) is 4.79 Å². The molecule has 0 spiro atoms. The number of carbonyl (C=O) groups is 1. The van der Waals surface area contributed by atoms with Crippen molar-refractivity contribution in [2.45, 2.75) is 33.6 Å². The van der Waals surface area contributed by atoms with Gasteiger partial charge in [0, 0.05) is 0 Å². The van der Waals surface area contributed by atoms with E-state index in [1.807, 2.05) is 13.0 Å². The molecule has 1 aromatic carbocycles. The first-order chi connectivity index (χ1) is 10.4. The standard InChI is InChI=1S/C18H24O4/c1-13(2)6-5-7-14(3)10-11-22-17-9-8-15(21-4)12-16(17)18(19)20/h6,8-10,12H,5,7,11H2,1-4H3,(H,19,20). The molecule has 120 valence electrons. The molecule has 4 nitrogen and oxygen atoms in total. The lowest BCUT2D eigenvalue weighted by atomic mass is 10.1. The summed E-state index contributed by atoms with van der Waals surface area (Å²) in [5.41, 5.74) is 2.64. The van der Waals surface area contributed by atoms with Crippen molar-refractivity contribution in [3.8, 4) is 11.5 Å². The lowest BCUT2D eigenvalue weighted by Crippen LogP contribution is -2.04. The van der Waals surface area contributed by atoms with E-state index >= 15 is 0 Å². The number of carboxylic acids is 1. The number of carboxylic acid groups (broad SMARTS) is 1. The van der Waals surface area contributed by atoms with Gasteiger partial charge in [-0.15, -0.1) is 0 Å². The summed E-state index contributed by atoms with van der Waals surface area (Å²) in [7, 11) is 1.50. The van der Waals surface area contributed by atoms with Crippen molar-refractivity contribution in [2.75, 3.05) is 13.7 Å². The van der Waals surface area contributed by atoms with E-state index in [0.29, 0.717) is 18.1 Å². The number of hydrogen-bond donors (Lipinski definition) is 1. The molecule has 0 saturated carbocycles. The van der Waals surface area contributed by atoms with Crippen LogP contribution in [0.25, 0.3) is 0 Å². The first-order valence-corrected chi connectivity index (χ1v) is 7.27. The molecule has 0 saturated heterocycles. The Balaban J connectivity index is 2.64. The molecule has 0 amide bonds. The zero-order chi connectivity index (χ0) is 16.5. The van der Waals surface area contributed by atoms with Crippen LogP contribution in [-0.4, -0.2) is 24.8 Å². The highest BCUT2D eigenvalue weighted by Crippen LogP contribution is 2.24. The van der Waals surface area contributed by atoms with Gasteiger partial charge in [0.2, 0.25) is 0 Å². The normalized spacial score (nSPS) is 11.0. The average Bonchev–Trinajstić information content (AvgIpc) is 2.46. The molecule has 22 heavy (non-hydrogen) atoms. The molecule has 1 aromatic rings. The lowest BCUT2D eigenvalue weighted by Gasteiger charge is -2.09. The maximum atomic E-state index is 11.2. The molecule has 0 aliphatic carbocycles. The van der Waals surface area contributed by atoms with Crippen molar-refractivity contribution in [3.63, 3.8) is 0 Å². The summed E-state index contributed by atoms with van der Waals surface area (Å²) < 4.78 is 10.6. The Morgan fingerprint density at radius 2 is 1.95 bits per heavy atom. The summed E-state index contributed by atoms with van der Waals surface area (Å²) in [5, 5.41) is 9.20. The lowest BCUT2D eigenvalue weighted by molar-refractivity contribution is 0.0692. The first kappa shape index (κ1) is 17.8. The van der Waals surface area contributed by atoms with Gasteiger partial charge in [-0.2, -0.15) is 0 Å². The molecular formula is C18H24O4. The largest absolute Gasteiger partial charge is 0.497 e. The van der Waals surface area contributed by atoms with Crippen molar-refractivity contribution < 1.29 is 19.4 Å². The van der Waals surface area contributed by atoms with Gasteiger partial charge in [-0.05, 0) is 57.9 Å². The van der Waals surface area contributed by atoms with E-state index in [0.717, 1.165) is 12.8 Å². The Hall–Kier alpha value is -2.23. The fourth-order valence-electron chi connectivity index (χ4n) is 1.89. The van der Waals surface area contributed by atoms with Crippen molar-refractivity contribution in [1.82, 2.24) is 0 Å². The minimum Gasteiger partial charge on any atom is -0.497 e. The van der Waals surface area contributed by atoms with Crippen LogP contribution in [-0.2, 0) is 0 Å². The second-order valence-electron chi connectivity index (χ2n) is 5.35. The van der Waals surface area contributed by atoms with Crippen LogP contribution < -0.4 is 9.47 Å². The second-order valence-corrected chi connectivity index (χ2v) is 5.35. The van der Waals surface area contributed by atoms with Crippen LogP contribution in [0.5, 0.6) is 11.5 Å². The van der Waals surface area contributed by atoms with E-state index in [4.69, 9.17) is 9.47 Å². The van der Waals surface area contributed by atoms with Gasteiger partial charge in [0.05, 0.1) is 7.11 Å². The molecule has 0 aromatic heterocycles. The van der Waals surface area contributed by atoms with Gasteiger partial charge in [0.1, 0.15) is 23.7 Å². The summed E-state index contributed by atoms with van der Waals surface area (Å²) in [6.45, 7) is 6.57. The Morgan fingerprint density at radius 3 is 2.55 bits per heavy atom. The van der Waals surface area contributed by atoms with Gasteiger partial charge >= 0.3 is 5.97 Å². The van der Waals surface area contributed by atoms with Gasteiger partial charge in [-0.1, -0.05) is 17.2 Å². The summed E-state index contributed by atoms with van der Waals surface area (Å²) in [6.07, 6.45) is 6.16. The Bertz CT molecular complexity index is 566. The highest BCUT2D eigenvalue weighted by molar-refractivity contribution is 5.91. The summed E-state index contributed by atoms with van der Waals surface area (Å²) in [5.74, 6) is -0.182. The highest BCUT2D eigenvalue weighted by Gasteiger charge is 2.12. The first-order valence-electron chi connectivity index (χ1n) is 7.27. The minimum absolute atomic E-state index is 0.106. The molecule has 0 unspecified atom stereocenters. The maximum absolute atomic E-state index is 11.2. The van der Waals surface area contributed by atoms with E-state index in [1.54, 1.807) is 12.1 Å². The van der Waals surface area contributed by atoms with Crippen LogP contribution >= 0.6 is 0 Å². The van der Waals surface area contributed by atoms with Crippen LogP contribution in [0.4, 0.5) is 0 Å². The van der Waals surface area contributed by atoms with E-state index in [1.165, 1.54) is 24.3 Å². The van der Waals surface area contributed by atoms with Crippen molar-refractivity contribution >= 4 is 5.97 Å². The predicted molar refractivity (Wildman–Crippen MR) is 87.9 cm³/mol. The summed E-state index contributed by atoms with van der Waals surface area (Å²) in [6, 6.07) is 4.77. The monoisotopic (exact) mass is 304 g/mol. The molecule has 0 fully saturated rings. The fourth-order valence-corrected chi connectivity index (χ4v) is 1.89. The zero-order valence-electron chi connectivity index (χ0n) is 13.7. The van der Waals surface area contributed by atoms with Gasteiger partial charge in [0.15, 0.2) is 0 Å². The van der Waals surface area contributed by atoms with E-state index in [9.17, 15) is 9.90 Å². The van der Waals surface area contributed by atoms with Crippen LogP contribution in [0.15, 0.2) is 41.5 Å². The predicted octanol–water partition coefficient (Wildman–Crippen LogP) is 4.46. The van der Waals surface area contributed by atoms with Crippen LogP contribution in [0.3, 0.4) is 0 Å². The molecule has 0 aliphatic rings. The Morgan fingerprint density at radius 1 is 1.23 bits per heavy atom. The highest BCUT2D eigenvalue weighted by atomic mass is 16.5. The van der Waals surface area contributed by atoms with E-state index in [2.05, 4.69) is 19.9 Å². The smallest absolute Gasteiger partial charge is 0.339 e. The quantitative estimate of drug-likeness (QED) is 0.720. The Labute approximate surface area is 132 Å². The molecule has 1 rings (SSSR count). The molecule has 0 atom stereocenters. The minimum atomic E-state index is -1.03. The van der Waals surface area contributed by atoms with E-state index < -0.39 is 5.97 Å². The molecule has 0 heterocycles. The molecule has 0 bridgehead atoms. The average molecular weight is 304 g/mol. The summed E-state index contributed by atoms with van der Waals surface area (Å²) in [4.78, 5) is 11.2. The molecule has 4 heteroatoms. The van der Waals surface area contributed by atoms with Crippen LogP contribution in [0, 0.1) is 0 Å². The van der Waals surface area contributed by atoms with Gasteiger partial charge in [0.25, 0.3) is 0 Å². The van der Waals surface area contributed by atoms with Crippen LogP contribution in [0.1, 0.15) is 44.0 Å². The fraction of sp³-hybridized carbons (Fsp3) is 0.389. The third-order valence-corrected chi connectivity index (χ3v) is 3.18. The van der Waals surface area contributed by atoms with Gasteiger partial charge < -0.3 is 14.6 Å². The molecule has 0 aliphatic heterocycles. The number of methoxy groups -OCH3 is 1. The SMILES string of the molecule is COc1ccc(OCC=C(C)CCC=C(C)C)c(C(=O)O)c1. The van der Waals surface area contributed by atoms with Gasteiger partial charge in [-0.3, -0.25) is 0 Å². The molecule has 1 N–H and O–H groups in total. The zero-order valence-corrected chi connectivity index (χ0v) is 13.7. The van der Waals surface area contributed by atoms with Crippen molar-refractivity contribution in [1.29, 1.82) is 0 Å². The number of aromatic carboxylic acids is 1. The number of benzene rings is 1. The number of allylic oxidation sites excluding steroid dienone is 3. The Kier molecular flexibility index (Phi) is 7.23.